The summed E-state index contributed by atoms with van der Waals surface area (Å²) in [4.78, 5) is 36.9. The molecular formula is C26H24N4O3S. The number of amidine groups is 2. The fourth-order valence-corrected chi connectivity index (χ4v) is 5.11. The van der Waals surface area contributed by atoms with Gasteiger partial charge in [-0.15, -0.1) is 0 Å². The highest BCUT2D eigenvalue weighted by Crippen LogP contribution is 2.35. The van der Waals surface area contributed by atoms with Gasteiger partial charge < -0.3 is 9.73 Å². The number of nitrogens with zero attached hydrogens (tertiary/aromatic N) is 3. The summed E-state index contributed by atoms with van der Waals surface area (Å²) in [7, 11) is 0. The fraction of sp³-hybridized carbons (Fsp3) is 0.231. The average Bonchev–Trinajstić information content (AvgIpc) is 3.46. The summed E-state index contributed by atoms with van der Waals surface area (Å²) in [6.07, 6.45) is 1.52. The number of nitrogens with one attached hydrogen (secondary N) is 1. The molecule has 0 bridgehead atoms. The highest BCUT2D eigenvalue weighted by Gasteiger charge is 2.42. The molecule has 2 aliphatic rings. The van der Waals surface area contributed by atoms with Crippen LogP contribution in [-0.2, 0) is 21.9 Å². The van der Waals surface area contributed by atoms with Gasteiger partial charge in [-0.3, -0.25) is 14.6 Å². The summed E-state index contributed by atoms with van der Waals surface area (Å²) < 4.78 is 5.25. The van der Waals surface area contributed by atoms with Gasteiger partial charge in [-0.2, -0.15) is 0 Å². The molecule has 0 radical (unpaired) electrons. The van der Waals surface area contributed by atoms with E-state index >= 15 is 0 Å². The van der Waals surface area contributed by atoms with Gasteiger partial charge in [0.05, 0.1) is 24.9 Å². The van der Waals surface area contributed by atoms with Crippen molar-refractivity contribution in [3.63, 3.8) is 0 Å². The second-order valence-corrected chi connectivity index (χ2v) is 9.28. The molecule has 1 atom stereocenters. The van der Waals surface area contributed by atoms with E-state index in [0.29, 0.717) is 22.5 Å². The number of amides is 2. The zero-order valence-electron chi connectivity index (χ0n) is 18.9. The van der Waals surface area contributed by atoms with Gasteiger partial charge in [-0.1, -0.05) is 47.7 Å². The summed E-state index contributed by atoms with van der Waals surface area (Å²) in [6, 6.07) is 16.8. The van der Waals surface area contributed by atoms with Crippen molar-refractivity contribution in [2.24, 2.45) is 9.98 Å². The van der Waals surface area contributed by atoms with Crippen molar-refractivity contribution >= 4 is 40.3 Å². The molecule has 1 N–H and O–H groups in total. The summed E-state index contributed by atoms with van der Waals surface area (Å²) in [5.74, 6) is 1.40. The standard InChI is InChI=1S/C26H24N4O3S/c1-16-9-10-18(17(2)12-16)15-34-26-29-21-8-4-3-7-20(21)24-28-22(25(32)30(24)26)13-23(31)27-14-19-6-5-11-33-19/h3-12,22H,13-15H2,1-2H3,(H,27,31). The number of benzene rings is 2. The molecule has 1 unspecified atom stereocenters. The average molecular weight is 473 g/mol. The van der Waals surface area contributed by atoms with Gasteiger partial charge in [0.15, 0.2) is 5.17 Å². The Kier molecular flexibility index (Phi) is 6.06. The Bertz CT molecular complexity index is 1310. The van der Waals surface area contributed by atoms with Crippen LogP contribution in [-0.4, -0.2) is 33.8 Å². The van der Waals surface area contributed by atoms with Crippen LogP contribution in [0.2, 0.25) is 0 Å². The lowest BCUT2D eigenvalue weighted by Gasteiger charge is -2.25. The summed E-state index contributed by atoms with van der Waals surface area (Å²) >= 11 is 1.51. The van der Waals surface area contributed by atoms with Crippen molar-refractivity contribution < 1.29 is 14.0 Å². The first-order valence-corrected chi connectivity index (χ1v) is 12.1. The molecule has 0 spiro atoms. The minimum Gasteiger partial charge on any atom is -0.467 e. The SMILES string of the molecule is Cc1ccc(CSC2=Nc3ccccc3C3=NC(CC(=O)NCc4ccco4)C(=O)N23)c(C)c1. The van der Waals surface area contributed by atoms with Crippen LogP contribution in [0.3, 0.4) is 0 Å². The van der Waals surface area contributed by atoms with Crippen LogP contribution in [0.5, 0.6) is 0 Å². The Labute approximate surface area is 202 Å². The molecule has 34 heavy (non-hydrogen) atoms. The van der Waals surface area contributed by atoms with Crippen molar-refractivity contribution in [1.29, 1.82) is 0 Å². The number of fused-ring (bicyclic) bond motifs is 3. The normalized spacial score (nSPS) is 16.6. The molecule has 3 heterocycles. The van der Waals surface area contributed by atoms with Crippen LogP contribution in [0.25, 0.3) is 0 Å². The maximum Gasteiger partial charge on any atom is 0.259 e. The molecular weight excluding hydrogens is 448 g/mol. The second kappa shape index (κ2) is 9.30. The molecule has 172 valence electrons. The number of hydrogen-bond donors (Lipinski definition) is 1. The molecule has 7 nitrogen and oxygen atoms in total. The molecule has 0 saturated carbocycles. The van der Waals surface area contributed by atoms with Crippen LogP contribution in [0.1, 0.15) is 34.4 Å². The number of hydrogen-bond acceptors (Lipinski definition) is 6. The number of thioether (sulfide) groups is 1. The highest BCUT2D eigenvalue weighted by atomic mass is 32.2. The number of aliphatic imine (C=N–C) groups is 2. The summed E-state index contributed by atoms with van der Waals surface area (Å²) in [6.45, 7) is 4.43. The quantitative estimate of drug-likeness (QED) is 0.572. The lowest BCUT2D eigenvalue weighted by atomic mass is 10.1. The van der Waals surface area contributed by atoms with Gasteiger partial charge in [0.25, 0.3) is 5.91 Å². The Balaban J connectivity index is 1.35. The van der Waals surface area contributed by atoms with Crippen molar-refractivity contribution in [2.45, 2.75) is 38.6 Å². The summed E-state index contributed by atoms with van der Waals surface area (Å²) in [5.41, 5.74) is 5.18. The molecule has 0 aliphatic carbocycles. The monoisotopic (exact) mass is 472 g/mol. The Hall–Kier alpha value is -3.65. The third-order valence-electron chi connectivity index (χ3n) is 5.82. The molecule has 5 rings (SSSR count). The van der Waals surface area contributed by atoms with E-state index in [1.807, 2.05) is 24.3 Å². The Morgan fingerprint density at radius 3 is 2.79 bits per heavy atom. The lowest BCUT2D eigenvalue weighted by molar-refractivity contribution is -0.128. The molecule has 2 amide bonds. The molecule has 2 aromatic carbocycles. The third-order valence-corrected chi connectivity index (χ3v) is 6.81. The van der Waals surface area contributed by atoms with Gasteiger partial charge in [0.2, 0.25) is 5.91 Å². The van der Waals surface area contributed by atoms with Gasteiger partial charge in [0, 0.05) is 11.3 Å². The van der Waals surface area contributed by atoms with E-state index in [1.54, 1.807) is 23.3 Å². The number of carbonyl (C=O) groups is 2. The zero-order valence-corrected chi connectivity index (χ0v) is 19.8. The van der Waals surface area contributed by atoms with Crippen LogP contribution >= 0.6 is 11.8 Å². The van der Waals surface area contributed by atoms with E-state index in [4.69, 9.17) is 9.41 Å². The highest BCUT2D eigenvalue weighted by molar-refractivity contribution is 8.13. The van der Waals surface area contributed by atoms with E-state index in [2.05, 4.69) is 42.4 Å². The first-order valence-electron chi connectivity index (χ1n) is 11.1. The number of furan rings is 1. The molecule has 0 fully saturated rings. The van der Waals surface area contributed by atoms with Crippen molar-refractivity contribution in [3.8, 4) is 0 Å². The molecule has 3 aromatic rings. The van der Waals surface area contributed by atoms with E-state index in [0.717, 1.165) is 11.3 Å². The minimum atomic E-state index is -0.787. The smallest absolute Gasteiger partial charge is 0.259 e. The third kappa shape index (κ3) is 4.41. The maximum absolute atomic E-state index is 13.4. The molecule has 0 saturated heterocycles. The van der Waals surface area contributed by atoms with E-state index in [-0.39, 0.29) is 24.8 Å². The number of rotatable bonds is 6. The number of carbonyl (C=O) groups excluding carboxylic acids is 2. The van der Waals surface area contributed by atoms with Crippen molar-refractivity contribution in [2.75, 3.05) is 0 Å². The molecule has 1 aromatic heterocycles. The minimum absolute atomic E-state index is 0.0310. The first-order chi connectivity index (χ1) is 16.5. The largest absolute Gasteiger partial charge is 0.467 e. The first kappa shape index (κ1) is 22.2. The second-order valence-electron chi connectivity index (χ2n) is 8.33. The van der Waals surface area contributed by atoms with Crippen LogP contribution in [0.15, 0.2) is 75.3 Å². The molecule has 8 heteroatoms. The fourth-order valence-electron chi connectivity index (χ4n) is 4.03. The van der Waals surface area contributed by atoms with E-state index < -0.39 is 6.04 Å². The summed E-state index contributed by atoms with van der Waals surface area (Å²) in [5, 5.41) is 3.38. The van der Waals surface area contributed by atoms with Gasteiger partial charge in [0.1, 0.15) is 17.6 Å². The van der Waals surface area contributed by atoms with Crippen molar-refractivity contribution in [3.05, 3.63) is 88.9 Å². The number of aryl methyl sites for hydroxylation is 2. The van der Waals surface area contributed by atoms with Crippen LogP contribution in [0.4, 0.5) is 5.69 Å². The van der Waals surface area contributed by atoms with Gasteiger partial charge >= 0.3 is 0 Å². The molecule has 2 aliphatic heterocycles. The van der Waals surface area contributed by atoms with Gasteiger partial charge in [-0.05, 0) is 49.2 Å². The number of para-hydroxylation sites is 1. The lowest BCUT2D eigenvalue weighted by Crippen LogP contribution is -2.42. The van der Waals surface area contributed by atoms with Crippen molar-refractivity contribution in [1.82, 2.24) is 10.2 Å². The van der Waals surface area contributed by atoms with Crippen LogP contribution < -0.4 is 5.32 Å². The maximum atomic E-state index is 13.4. The Morgan fingerprint density at radius 2 is 2.00 bits per heavy atom. The predicted molar refractivity (Wildman–Crippen MR) is 133 cm³/mol. The predicted octanol–water partition coefficient (Wildman–Crippen LogP) is 4.49. The van der Waals surface area contributed by atoms with Gasteiger partial charge in [-0.25, -0.2) is 9.89 Å². The van der Waals surface area contributed by atoms with E-state index in [1.165, 1.54) is 28.5 Å². The van der Waals surface area contributed by atoms with Crippen LogP contribution in [0, 0.1) is 13.8 Å². The Morgan fingerprint density at radius 1 is 1.15 bits per heavy atom. The zero-order chi connectivity index (χ0) is 23.7. The topological polar surface area (TPSA) is 87.3 Å². The van der Waals surface area contributed by atoms with E-state index in [9.17, 15) is 9.59 Å².